The number of nitrogens with one attached hydrogen (secondary N) is 2. The Hall–Kier alpha value is -0.830. The molecule has 10 heavy (non-hydrogen) atoms. The van der Waals surface area contributed by atoms with Gasteiger partial charge in [0.05, 0.1) is 6.17 Å². The molecule has 0 aliphatic heterocycles. The molecule has 0 heterocycles. The van der Waals surface area contributed by atoms with E-state index in [0.29, 0.717) is 6.41 Å². The van der Waals surface area contributed by atoms with E-state index in [0.717, 1.165) is 13.0 Å². The van der Waals surface area contributed by atoms with Gasteiger partial charge in [-0.25, -0.2) is 0 Å². The lowest BCUT2D eigenvalue weighted by molar-refractivity contribution is -0.110. The summed E-state index contributed by atoms with van der Waals surface area (Å²) in [6.07, 6.45) is 3.42. The number of hydrogen-bond donors (Lipinski definition) is 2. The van der Waals surface area contributed by atoms with E-state index in [2.05, 4.69) is 17.2 Å². The summed E-state index contributed by atoms with van der Waals surface area (Å²) in [6.45, 7) is 6.27. The second-order valence-corrected chi connectivity index (χ2v) is 1.94. The van der Waals surface area contributed by atoms with Crippen molar-refractivity contribution in [2.75, 3.05) is 6.54 Å². The molecule has 1 atom stereocenters. The molecular formula is C7H14N2O. The summed E-state index contributed by atoms with van der Waals surface area (Å²) in [4.78, 5) is 9.96. The molecule has 0 aromatic carbocycles. The Labute approximate surface area is 61.5 Å². The fraction of sp³-hybridized carbons (Fsp3) is 0.571. The fourth-order valence-electron chi connectivity index (χ4n) is 0.629. The lowest BCUT2D eigenvalue weighted by Crippen LogP contribution is -2.40. The zero-order valence-corrected chi connectivity index (χ0v) is 6.26. The summed E-state index contributed by atoms with van der Waals surface area (Å²) >= 11 is 0. The number of carbonyl (C=O) groups excluding carboxylic acids is 1. The van der Waals surface area contributed by atoms with E-state index < -0.39 is 0 Å². The maximum atomic E-state index is 9.96. The second kappa shape index (κ2) is 6.29. The quantitative estimate of drug-likeness (QED) is 0.317. The van der Waals surface area contributed by atoms with Crippen LogP contribution in [0.5, 0.6) is 0 Å². The van der Waals surface area contributed by atoms with Crippen molar-refractivity contribution in [3.63, 3.8) is 0 Å². The smallest absolute Gasteiger partial charge is 0.208 e. The fourth-order valence-corrected chi connectivity index (χ4v) is 0.629. The van der Waals surface area contributed by atoms with Crippen LogP contribution in [0.2, 0.25) is 0 Å². The Morgan fingerprint density at radius 1 is 1.70 bits per heavy atom. The van der Waals surface area contributed by atoms with Gasteiger partial charge in [0.15, 0.2) is 0 Å². The van der Waals surface area contributed by atoms with Crippen LogP contribution in [0.4, 0.5) is 0 Å². The molecule has 0 saturated carbocycles. The molecule has 58 valence electrons. The Bertz CT molecular complexity index is 104. The third kappa shape index (κ3) is 4.09. The molecule has 1 amide bonds. The highest BCUT2D eigenvalue weighted by molar-refractivity contribution is 5.46. The summed E-state index contributed by atoms with van der Waals surface area (Å²) in [5, 5.41) is 5.69. The molecular weight excluding hydrogens is 128 g/mol. The van der Waals surface area contributed by atoms with Gasteiger partial charge in [0.1, 0.15) is 0 Å². The molecule has 0 saturated heterocycles. The first-order valence-electron chi connectivity index (χ1n) is 3.39. The van der Waals surface area contributed by atoms with Gasteiger partial charge in [0, 0.05) is 6.54 Å². The van der Waals surface area contributed by atoms with E-state index >= 15 is 0 Å². The second-order valence-electron chi connectivity index (χ2n) is 1.94. The minimum absolute atomic E-state index is 0.0792. The van der Waals surface area contributed by atoms with Crippen LogP contribution < -0.4 is 10.6 Å². The van der Waals surface area contributed by atoms with Crippen molar-refractivity contribution in [3.05, 3.63) is 12.7 Å². The molecule has 0 spiro atoms. The van der Waals surface area contributed by atoms with Crippen LogP contribution >= 0.6 is 0 Å². The predicted octanol–water partition coefficient (Wildman–Crippen LogP) is 0.244. The first-order valence-corrected chi connectivity index (χ1v) is 3.39. The van der Waals surface area contributed by atoms with E-state index in [1.165, 1.54) is 0 Å². The molecule has 0 aromatic rings. The molecule has 2 N–H and O–H groups in total. The topological polar surface area (TPSA) is 41.1 Å². The Kier molecular flexibility index (Phi) is 5.77. The highest BCUT2D eigenvalue weighted by atomic mass is 16.1. The summed E-state index contributed by atoms with van der Waals surface area (Å²) in [6, 6.07) is 0. The molecule has 3 nitrogen and oxygen atoms in total. The van der Waals surface area contributed by atoms with Gasteiger partial charge in [-0.15, -0.1) is 6.58 Å². The van der Waals surface area contributed by atoms with Crippen LogP contribution in [-0.4, -0.2) is 19.1 Å². The molecule has 0 radical (unpaired) electrons. The Balaban J connectivity index is 3.38. The predicted molar refractivity (Wildman–Crippen MR) is 41.5 cm³/mol. The van der Waals surface area contributed by atoms with Gasteiger partial charge in [0.2, 0.25) is 6.41 Å². The zero-order chi connectivity index (χ0) is 7.82. The van der Waals surface area contributed by atoms with Crippen LogP contribution in [0.3, 0.4) is 0 Å². The first-order chi connectivity index (χ1) is 4.85. The maximum Gasteiger partial charge on any atom is 0.208 e. The standard InChI is InChI=1S/C7H14N2O/c1-3-5-8-7(4-2)9-6-10/h3,6-8H,1,4-5H2,2H3,(H,9,10). The summed E-state index contributed by atoms with van der Waals surface area (Å²) in [5.74, 6) is 0. The zero-order valence-electron chi connectivity index (χ0n) is 6.26. The van der Waals surface area contributed by atoms with Crippen molar-refractivity contribution in [2.45, 2.75) is 19.5 Å². The van der Waals surface area contributed by atoms with E-state index in [4.69, 9.17) is 0 Å². The monoisotopic (exact) mass is 142 g/mol. The van der Waals surface area contributed by atoms with Crippen LogP contribution in [-0.2, 0) is 4.79 Å². The molecule has 1 unspecified atom stereocenters. The number of hydrogen-bond acceptors (Lipinski definition) is 2. The summed E-state index contributed by atoms with van der Waals surface area (Å²) < 4.78 is 0. The third-order valence-corrected chi connectivity index (χ3v) is 1.19. The molecule has 0 aliphatic carbocycles. The maximum absolute atomic E-state index is 9.96. The molecule has 0 rings (SSSR count). The number of rotatable bonds is 6. The van der Waals surface area contributed by atoms with Gasteiger partial charge in [-0.3, -0.25) is 10.1 Å². The number of carbonyl (C=O) groups is 1. The van der Waals surface area contributed by atoms with Gasteiger partial charge in [0.25, 0.3) is 0 Å². The Morgan fingerprint density at radius 3 is 2.80 bits per heavy atom. The van der Waals surface area contributed by atoms with Crippen molar-refractivity contribution in [3.8, 4) is 0 Å². The van der Waals surface area contributed by atoms with Crippen molar-refractivity contribution >= 4 is 6.41 Å². The van der Waals surface area contributed by atoms with Gasteiger partial charge in [-0.1, -0.05) is 13.0 Å². The number of amides is 1. The average molecular weight is 142 g/mol. The normalized spacial score (nSPS) is 12.1. The van der Waals surface area contributed by atoms with Crippen LogP contribution in [0, 0.1) is 0 Å². The molecule has 0 bridgehead atoms. The van der Waals surface area contributed by atoms with Gasteiger partial charge < -0.3 is 5.32 Å². The van der Waals surface area contributed by atoms with Gasteiger partial charge in [-0.2, -0.15) is 0 Å². The summed E-state index contributed by atoms with van der Waals surface area (Å²) in [5.41, 5.74) is 0. The largest absolute Gasteiger partial charge is 0.343 e. The molecule has 0 aromatic heterocycles. The first kappa shape index (κ1) is 9.17. The minimum Gasteiger partial charge on any atom is -0.343 e. The third-order valence-electron chi connectivity index (χ3n) is 1.19. The highest BCUT2D eigenvalue weighted by Gasteiger charge is 1.98. The van der Waals surface area contributed by atoms with E-state index in [1.54, 1.807) is 6.08 Å². The van der Waals surface area contributed by atoms with Crippen molar-refractivity contribution in [2.24, 2.45) is 0 Å². The van der Waals surface area contributed by atoms with Crippen molar-refractivity contribution < 1.29 is 4.79 Å². The molecule has 3 heteroatoms. The van der Waals surface area contributed by atoms with E-state index in [1.807, 2.05) is 6.92 Å². The van der Waals surface area contributed by atoms with Crippen LogP contribution in [0.15, 0.2) is 12.7 Å². The van der Waals surface area contributed by atoms with E-state index in [9.17, 15) is 4.79 Å². The van der Waals surface area contributed by atoms with E-state index in [-0.39, 0.29) is 6.17 Å². The molecule has 0 fully saturated rings. The molecule has 0 aliphatic rings. The average Bonchev–Trinajstić information content (AvgIpc) is 1.98. The minimum atomic E-state index is 0.0792. The van der Waals surface area contributed by atoms with Gasteiger partial charge in [-0.05, 0) is 6.42 Å². The van der Waals surface area contributed by atoms with Gasteiger partial charge >= 0.3 is 0 Å². The van der Waals surface area contributed by atoms with Crippen molar-refractivity contribution in [1.29, 1.82) is 0 Å². The lowest BCUT2D eigenvalue weighted by atomic mass is 10.4. The Morgan fingerprint density at radius 2 is 2.40 bits per heavy atom. The highest BCUT2D eigenvalue weighted by Crippen LogP contribution is 1.82. The lowest BCUT2D eigenvalue weighted by Gasteiger charge is -2.13. The van der Waals surface area contributed by atoms with Crippen LogP contribution in [0.1, 0.15) is 13.3 Å². The summed E-state index contributed by atoms with van der Waals surface area (Å²) in [7, 11) is 0. The van der Waals surface area contributed by atoms with Crippen LogP contribution in [0.25, 0.3) is 0 Å². The SMILES string of the molecule is C=CCNC(CC)NC=O. The van der Waals surface area contributed by atoms with Crippen molar-refractivity contribution in [1.82, 2.24) is 10.6 Å².